The van der Waals surface area contributed by atoms with Gasteiger partial charge in [0.05, 0.1) is 13.2 Å². The van der Waals surface area contributed by atoms with Gasteiger partial charge in [-0.25, -0.2) is 0 Å². The van der Waals surface area contributed by atoms with Gasteiger partial charge in [0.15, 0.2) is 0 Å². The van der Waals surface area contributed by atoms with Crippen molar-refractivity contribution in [2.45, 2.75) is 50.8 Å². The molecule has 18 heavy (non-hydrogen) atoms. The van der Waals surface area contributed by atoms with Crippen molar-refractivity contribution in [1.29, 1.82) is 0 Å². The first-order valence-electron chi connectivity index (χ1n) is 6.79. The van der Waals surface area contributed by atoms with Gasteiger partial charge in [0.1, 0.15) is 5.75 Å². The minimum absolute atomic E-state index is 0.195. The van der Waals surface area contributed by atoms with E-state index in [1.165, 1.54) is 12.0 Å². The molecule has 1 saturated carbocycles. The molecule has 0 radical (unpaired) electrons. The second-order valence-electron chi connectivity index (χ2n) is 5.12. The number of methoxy groups -OCH3 is 1. The van der Waals surface area contributed by atoms with Crippen LogP contribution in [0.1, 0.15) is 44.2 Å². The summed E-state index contributed by atoms with van der Waals surface area (Å²) in [6, 6.07) is 8.59. The van der Waals surface area contributed by atoms with E-state index in [4.69, 9.17) is 4.74 Å². The summed E-state index contributed by atoms with van der Waals surface area (Å²) in [5, 5.41) is 13.5. The number of aliphatic hydroxyl groups is 1. The highest BCUT2D eigenvalue weighted by atomic mass is 16.5. The van der Waals surface area contributed by atoms with Crippen LogP contribution in [0.25, 0.3) is 0 Å². The van der Waals surface area contributed by atoms with Gasteiger partial charge in [0.2, 0.25) is 0 Å². The molecule has 0 aromatic heterocycles. The van der Waals surface area contributed by atoms with E-state index in [1.807, 2.05) is 12.1 Å². The Labute approximate surface area is 109 Å². The Hall–Kier alpha value is -1.06. The quantitative estimate of drug-likeness (QED) is 0.862. The third-order valence-corrected chi connectivity index (χ3v) is 3.81. The standard InChI is InChI=1S/C15H23NO2/c1-11(12-7-9-13(18-2)10-8-12)16-14-5-3-4-6-15(14)17/h7-11,14-17H,3-6H2,1-2H3/t11?,14-,15-/m0/s1. The molecule has 2 rings (SSSR count). The van der Waals surface area contributed by atoms with E-state index in [9.17, 15) is 5.11 Å². The highest BCUT2D eigenvalue weighted by Gasteiger charge is 2.24. The summed E-state index contributed by atoms with van der Waals surface area (Å²) in [7, 11) is 1.68. The lowest BCUT2D eigenvalue weighted by molar-refractivity contribution is 0.0860. The van der Waals surface area contributed by atoms with E-state index in [1.54, 1.807) is 7.11 Å². The molecule has 1 unspecified atom stereocenters. The molecular formula is C15H23NO2. The Morgan fingerprint density at radius 3 is 2.50 bits per heavy atom. The van der Waals surface area contributed by atoms with Crippen molar-refractivity contribution in [1.82, 2.24) is 5.32 Å². The van der Waals surface area contributed by atoms with Gasteiger partial charge in [-0.2, -0.15) is 0 Å². The van der Waals surface area contributed by atoms with Crippen LogP contribution in [0.5, 0.6) is 5.75 Å². The average molecular weight is 249 g/mol. The normalized spacial score (nSPS) is 25.7. The van der Waals surface area contributed by atoms with Crippen LogP contribution in [-0.2, 0) is 0 Å². The lowest BCUT2D eigenvalue weighted by atomic mass is 9.91. The third-order valence-electron chi connectivity index (χ3n) is 3.81. The molecule has 1 aromatic rings. The largest absolute Gasteiger partial charge is 0.497 e. The van der Waals surface area contributed by atoms with Gasteiger partial charge in [-0.15, -0.1) is 0 Å². The number of hydrogen-bond acceptors (Lipinski definition) is 3. The Kier molecular flexibility index (Phi) is 4.61. The predicted molar refractivity (Wildman–Crippen MR) is 72.8 cm³/mol. The van der Waals surface area contributed by atoms with Crippen LogP contribution in [-0.4, -0.2) is 24.4 Å². The molecule has 1 aliphatic rings. The van der Waals surface area contributed by atoms with Crippen molar-refractivity contribution < 1.29 is 9.84 Å². The molecule has 3 atom stereocenters. The maximum absolute atomic E-state index is 9.96. The van der Waals surface area contributed by atoms with E-state index in [0.717, 1.165) is 25.0 Å². The highest BCUT2D eigenvalue weighted by molar-refractivity contribution is 5.28. The minimum Gasteiger partial charge on any atom is -0.497 e. The molecule has 1 aliphatic carbocycles. The SMILES string of the molecule is COc1ccc(C(C)N[C@H]2CCCC[C@@H]2O)cc1. The number of ether oxygens (including phenoxy) is 1. The van der Waals surface area contributed by atoms with Crippen molar-refractivity contribution >= 4 is 0 Å². The lowest BCUT2D eigenvalue weighted by Crippen LogP contribution is -2.43. The molecule has 3 heteroatoms. The molecule has 0 amide bonds. The Morgan fingerprint density at radius 1 is 1.22 bits per heavy atom. The van der Waals surface area contributed by atoms with Gasteiger partial charge in [-0.3, -0.25) is 0 Å². The van der Waals surface area contributed by atoms with Gasteiger partial charge in [0.25, 0.3) is 0 Å². The smallest absolute Gasteiger partial charge is 0.118 e. The molecular weight excluding hydrogens is 226 g/mol. The third kappa shape index (κ3) is 3.24. The first kappa shape index (κ1) is 13.4. The molecule has 2 N–H and O–H groups in total. The maximum atomic E-state index is 9.96. The van der Waals surface area contributed by atoms with Gasteiger partial charge >= 0.3 is 0 Å². The second-order valence-corrected chi connectivity index (χ2v) is 5.12. The second kappa shape index (κ2) is 6.21. The van der Waals surface area contributed by atoms with Gasteiger partial charge in [-0.05, 0) is 37.5 Å². The van der Waals surface area contributed by atoms with Crippen molar-refractivity contribution in [3.8, 4) is 5.75 Å². The fraction of sp³-hybridized carbons (Fsp3) is 0.600. The van der Waals surface area contributed by atoms with Gasteiger partial charge < -0.3 is 15.2 Å². The summed E-state index contributed by atoms with van der Waals surface area (Å²) in [4.78, 5) is 0. The molecule has 100 valence electrons. The van der Waals surface area contributed by atoms with Crippen molar-refractivity contribution in [2.24, 2.45) is 0 Å². The van der Waals surface area contributed by atoms with Crippen LogP contribution in [0, 0.1) is 0 Å². The average Bonchev–Trinajstić information content (AvgIpc) is 2.41. The van der Waals surface area contributed by atoms with Crippen LogP contribution in [0.3, 0.4) is 0 Å². The van der Waals surface area contributed by atoms with E-state index in [-0.39, 0.29) is 18.2 Å². The summed E-state index contributed by atoms with van der Waals surface area (Å²) < 4.78 is 5.16. The summed E-state index contributed by atoms with van der Waals surface area (Å²) >= 11 is 0. The Bertz CT molecular complexity index is 363. The molecule has 1 aromatic carbocycles. The molecule has 0 heterocycles. The minimum atomic E-state index is -0.195. The molecule has 0 bridgehead atoms. The van der Waals surface area contributed by atoms with Crippen LogP contribution >= 0.6 is 0 Å². The summed E-state index contributed by atoms with van der Waals surface area (Å²) in [5.41, 5.74) is 1.23. The molecule has 3 nitrogen and oxygen atoms in total. The Morgan fingerprint density at radius 2 is 1.89 bits per heavy atom. The topological polar surface area (TPSA) is 41.5 Å². The van der Waals surface area contributed by atoms with Gasteiger partial charge in [-0.1, -0.05) is 25.0 Å². The lowest BCUT2D eigenvalue weighted by Gasteiger charge is -2.31. The number of hydrogen-bond donors (Lipinski definition) is 2. The highest BCUT2D eigenvalue weighted by Crippen LogP contribution is 2.23. The molecule has 1 fully saturated rings. The fourth-order valence-corrected chi connectivity index (χ4v) is 2.62. The number of nitrogens with one attached hydrogen (secondary N) is 1. The monoisotopic (exact) mass is 249 g/mol. The van der Waals surface area contributed by atoms with Crippen LogP contribution in [0.4, 0.5) is 0 Å². The van der Waals surface area contributed by atoms with Crippen LogP contribution in [0.2, 0.25) is 0 Å². The maximum Gasteiger partial charge on any atom is 0.118 e. The Balaban J connectivity index is 1.95. The van der Waals surface area contributed by atoms with E-state index in [0.29, 0.717) is 0 Å². The van der Waals surface area contributed by atoms with E-state index in [2.05, 4.69) is 24.4 Å². The molecule has 0 aliphatic heterocycles. The zero-order chi connectivity index (χ0) is 13.0. The zero-order valence-corrected chi connectivity index (χ0v) is 11.2. The van der Waals surface area contributed by atoms with Crippen molar-refractivity contribution in [3.05, 3.63) is 29.8 Å². The summed E-state index contributed by atoms with van der Waals surface area (Å²) in [6.07, 6.45) is 4.16. The molecule has 0 spiro atoms. The van der Waals surface area contributed by atoms with Gasteiger partial charge in [0, 0.05) is 12.1 Å². The first-order valence-corrected chi connectivity index (χ1v) is 6.79. The van der Waals surface area contributed by atoms with Crippen LogP contribution < -0.4 is 10.1 Å². The van der Waals surface area contributed by atoms with Crippen LogP contribution in [0.15, 0.2) is 24.3 Å². The number of aliphatic hydroxyl groups excluding tert-OH is 1. The number of rotatable bonds is 4. The molecule has 0 saturated heterocycles. The number of benzene rings is 1. The van der Waals surface area contributed by atoms with E-state index < -0.39 is 0 Å². The van der Waals surface area contributed by atoms with Crippen molar-refractivity contribution in [3.63, 3.8) is 0 Å². The predicted octanol–water partition coefficient (Wildman–Crippen LogP) is 2.65. The summed E-state index contributed by atoms with van der Waals surface area (Å²) in [6.45, 7) is 2.14. The first-order chi connectivity index (χ1) is 8.70. The zero-order valence-electron chi connectivity index (χ0n) is 11.2. The van der Waals surface area contributed by atoms with Crippen molar-refractivity contribution in [2.75, 3.05) is 7.11 Å². The summed E-state index contributed by atoms with van der Waals surface area (Å²) in [5.74, 6) is 0.878. The van der Waals surface area contributed by atoms with E-state index >= 15 is 0 Å². The fourth-order valence-electron chi connectivity index (χ4n) is 2.62.